The Morgan fingerprint density at radius 1 is 0.929 bits per heavy atom. The standard InChI is InChI=1S/C34H37NO7/c1-33(2)30-20-24-16-22(19-29(41-5)32(24)42-34(30,3)15-14-31(33)37)6-7-23-17-27(36)26(28(18-23)40-4)13-10-21-8-11-25(12-9-21)35(38)39/h6-13,16-19,30-31,36-37H,14-15,20H2,1-5H3/b7-6+,13-10+/t30-,31-,34-/m1/s1. The molecule has 42 heavy (non-hydrogen) atoms. The summed E-state index contributed by atoms with van der Waals surface area (Å²) in [5.74, 6) is 2.12. The van der Waals surface area contributed by atoms with Crippen molar-refractivity contribution in [3.63, 3.8) is 0 Å². The third-order valence-electron chi connectivity index (χ3n) is 8.92. The third-order valence-corrected chi connectivity index (χ3v) is 8.92. The maximum Gasteiger partial charge on any atom is 0.269 e. The molecule has 5 rings (SSSR count). The molecule has 1 heterocycles. The van der Waals surface area contributed by atoms with Crippen molar-refractivity contribution in [1.29, 1.82) is 0 Å². The van der Waals surface area contributed by atoms with E-state index in [0.29, 0.717) is 23.5 Å². The van der Waals surface area contributed by atoms with Gasteiger partial charge in [0.1, 0.15) is 17.1 Å². The molecule has 3 atom stereocenters. The van der Waals surface area contributed by atoms with Crippen LogP contribution in [0.1, 0.15) is 61.4 Å². The van der Waals surface area contributed by atoms with Gasteiger partial charge in [0.15, 0.2) is 11.5 Å². The second-order valence-electron chi connectivity index (χ2n) is 11.9. The molecule has 1 aliphatic heterocycles. The average molecular weight is 572 g/mol. The molecule has 0 bridgehead atoms. The van der Waals surface area contributed by atoms with Gasteiger partial charge in [0.25, 0.3) is 5.69 Å². The first-order valence-electron chi connectivity index (χ1n) is 14.0. The zero-order valence-corrected chi connectivity index (χ0v) is 24.6. The lowest BCUT2D eigenvalue weighted by Gasteiger charge is -2.55. The number of hydrogen-bond acceptors (Lipinski definition) is 7. The minimum absolute atomic E-state index is 0.0166. The molecule has 1 aliphatic carbocycles. The van der Waals surface area contributed by atoms with Gasteiger partial charge in [-0.05, 0) is 96.3 Å². The van der Waals surface area contributed by atoms with Crippen LogP contribution in [0.5, 0.6) is 23.0 Å². The summed E-state index contributed by atoms with van der Waals surface area (Å²) in [7, 11) is 3.18. The van der Waals surface area contributed by atoms with Crippen LogP contribution in [0.15, 0.2) is 48.5 Å². The largest absolute Gasteiger partial charge is 0.507 e. The number of hydrogen-bond donors (Lipinski definition) is 2. The Bertz CT molecular complexity index is 1560. The normalized spacial score (nSPS) is 22.8. The molecule has 0 radical (unpaired) electrons. The fourth-order valence-corrected chi connectivity index (χ4v) is 6.39. The highest BCUT2D eigenvalue weighted by Crippen LogP contribution is 2.55. The number of methoxy groups -OCH3 is 2. The van der Waals surface area contributed by atoms with Crippen molar-refractivity contribution in [1.82, 2.24) is 0 Å². The van der Waals surface area contributed by atoms with Crippen molar-refractivity contribution >= 4 is 30.0 Å². The average Bonchev–Trinajstić information content (AvgIpc) is 2.96. The third kappa shape index (κ3) is 5.46. The molecule has 0 spiro atoms. The molecule has 3 aromatic rings. The molecule has 8 nitrogen and oxygen atoms in total. The molecule has 2 N–H and O–H groups in total. The fourth-order valence-electron chi connectivity index (χ4n) is 6.39. The molecular formula is C34H37NO7. The van der Waals surface area contributed by atoms with E-state index in [0.717, 1.165) is 40.8 Å². The topological polar surface area (TPSA) is 111 Å². The van der Waals surface area contributed by atoms with Crippen LogP contribution in [0.25, 0.3) is 24.3 Å². The number of benzene rings is 3. The summed E-state index contributed by atoms with van der Waals surface area (Å²) in [5.41, 5.74) is 3.33. The maximum absolute atomic E-state index is 10.9. The summed E-state index contributed by atoms with van der Waals surface area (Å²) >= 11 is 0. The number of phenolic OH excluding ortho intramolecular Hbond substituents is 1. The van der Waals surface area contributed by atoms with Gasteiger partial charge in [-0.2, -0.15) is 0 Å². The quantitative estimate of drug-likeness (QED) is 0.176. The molecule has 3 aromatic carbocycles. The van der Waals surface area contributed by atoms with E-state index in [2.05, 4.69) is 26.8 Å². The predicted octanol–water partition coefficient (Wildman–Crippen LogP) is 7.15. The number of nitro benzene ring substituents is 1. The highest BCUT2D eigenvalue weighted by molar-refractivity contribution is 5.79. The van der Waals surface area contributed by atoms with Crippen LogP contribution in [0.2, 0.25) is 0 Å². The zero-order valence-electron chi connectivity index (χ0n) is 24.6. The van der Waals surface area contributed by atoms with Gasteiger partial charge in [-0.1, -0.05) is 32.1 Å². The Morgan fingerprint density at radius 3 is 2.19 bits per heavy atom. The van der Waals surface area contributed by atoms with E-state index < -0.39 is 4.92 Å². The summed E-state index contributed by atoms with van der Waals surface area (Å²) < 4.78 is 17.9. The molecule has 0 saturated heterocycles. The van der Waals surface area contributed by atoms with Gasteiger partial charge in [-0.15, -0.1) is 0 Å². The monoisotopic (exact) mass is 571 g/mol. The van der Waals surface area contributed by atoms with Gasteiger partial charge >= 0.3 is 0 Å². The van der Waals surface area contributed by atoms with Crippen LogP contribution in [-0.2, 0) is 6.42 Å². The Balaban J connectivity index is 1.41. The molecule has 2 aliphatic rings. The lowest BCUT2D eigenvalue weighted by Crippen LogP contribution is -2.58. The molecule has 0 unspecified atom stereocenters. The molecule has 220 valence electrons. The van der Waals surface area contributed by atoms with Crippen molar-refractivity contribution in [2.75, 3.05) is 14.2 Å². The molecule has 8 heteroatoms. The Hall–Kier alpha value is -4.30. The van der Waals surface area contributed by atoms with Crippen LogP contribution in [0.4, 0.5) is 5.69 Å². The minimum Gasteiger partial charge on any atom is -0.507 e. The second kappa shape index (κ2) is 11.2. The first-order chi connectivity index (χ1) is 19.9. The lowest BCUT2D eigenvalue weighted by molar-refractivity contribution is -0.384. The van der Waals surface area contributed by atoms with E-state index in [1.165, 1.54) is 19.2 Å². The SMILES string of the molecule is COc1cc(/C=C/c2cc3c(c(OC)c2)O[C@]2(C)CC[C@@H](O)C(C)(C)[C@H]2C3)cc(O)c1/C=C/c1ccc([N+](=O)[O-])cc1. The summed E-state index contributed by atoms with van der Waals surface area (Å²) in [4.78, 5) is 10.5. The highest BCUT2D eigenvalue weighted by atomic mass is 16.6. The number of nitrogens with zero attached hydrogens (tertiary/aromatic N) is 1. The molecule has 0 amide bonds. The zero-order chi connectivity index (χ0) is 30.2. The number of aliphatic hydroxyl groups is 1. The van der Waals surface area contributed by atoms with Crippen LogP contribution < -0.4 is 14.2 Å². The maximum atomic E-state index is 10.9. The Morgan fingerprint density at radius 2 is 1.55 bits per heavy atom. The van der Waals surface area contributed by atoms with Crippen molar-refractivity contribution < 1.29 is 29.3 Å². The van der Waals surface area contributed by atoms with E-state index in [1.807, 2.05) is 24.3 Å². The number of ether oxygens (including phenoxy) is 3. The Labute approximate surface area is 246 Å². The second-order valence-corrected chi connectivity index (χ2v) is 11.9. The minimum atomic E-state index is -0.444. The lowest BCUT2D eigenvalue weighted by atomic mass is 9.57. The van der Waals surface area contributed by atoms with Gasteiger partial charge in [-0.3, -0.25) is 10.1 Å². The summed E-state index contributed by atoms with van der Waals surface area (Å²) in [6, 6.07) is 13.7. The summed E-state index contributed by atoms with van der Waals surface area (Å²) in [6.07, 6.45) is 9.23. The van der Waals surface area contributed by atoms with Crippen LogP contribution in [-0.4, -0.2) is 41.1 Å². The van der Waals surface area contributed by atoms with Crippen LogP contribution in [0, 0.1) is 21.4 Å². The fraction of sp³-hybridized carbons (Fsp3) is 0.353. The predicted molar refractivity (Wildman–Crippen MR) is 164 cm³/mol. The smallest absolute Gasteiger partial charge is 0.269 e. The van der Waals surface area contributed by atoms with E-state index >= 15 is 0 Å². The van der Waals surface area contributed by atoms with Crippen molar-refractivity contribution in [2.24, 2.45) is 11.3 Å². The van der Waals surface area contributed by atoms with Crippen molar-refractivity contribution in [3.8, 4) is 23.0 Å². The highest BCUT2D eigenvalue weighted by Gasteiger charge is 2.54. The van der Waals surface area contributed by atoms with Crippen LogP contribution in [0.3, 0.4) is 0 Å². The molecule has 1 saturated carbocycles. The van der Waals surface area contributed by atoms with E-state index in [9.17, 15) is 20.3 Å². The number of nitro groups is 1. The number of fused-ring (bicyclic) bond motifs is 2. The van der Waals surface area contributed by atoms with Crippen molar-refractivity contribution in [3.05, 3.63) is 86.5 Å². The molecular weight excluding hydrogens is 534 g/mol. The number of rotatable bonds is 7. The molecule has 0 aromatic heterocycles. The van der Waals surface area contributed by atoms with Gasteiger partial charge in [0, 0.05) is 18.1 Å². The van der Waals surface area contributed by atoms with Gasteiger partial charge in [0.2, 0.25) is 0 Å². The number of non-ortho nitro benzene ring substituents is 1. The molecule has 1 fully saturated rings. The van der Waals surface area contributed by atoms with Gasteiger partial charge < -0.3 is 24.4 Å². The first-order valence-corrected chi connectivity index (χ1v) is 14.0. The summed E-state index contributed by atoms with van der Waals surface area (Å²) in [6.45, 7) is 6.39. The number of aliphatic hydroxyl groups excluding tert-OH is 1. The van der Waals surface area contributed by atoms with Gasteiger partial charge in [-0.25, -0.2) is 0 Å². The Kier molecular flexibility index (Phi) is 7.77. The van der Waals surface area contributed by atoms with E-state index in [-0.39, 0.29) is 34.5 Å². The number of phenols is 1. The number of aromatic hydroxyl groups is 1. The van der Waals surface area contributed by atoms with E-state index in [1.54, 1.807) is 37.5 Å². The van der Waals surface area contributed by atoms with Crippen molar-refractivity contribution in [2.45, 2.75) is 51.7 Å². The van der Waals surface area contributed by atoms with Gasteiger partial charge in [0.05, 0.1) is 30.8 Å². The first kappa shape index (κ1) is 29.2. The van der Waals surface area contributed by atoms with Crippen LogP contribution >= 0.6 is 0 Å². The van der Waals surface area contributed by atoms with E-state index in [4.69, 9.17) is 14.2 Å². The summed E-state index contributed by atoms with van der Waals surface area (Å²) in [5, 5.41) is 32.5.